The van der Waals surface area contributed by atoms with Crippen LogP contribution in [-0.2, 0) is 0 Å². The van der Waals surface area contributed by atoms with Gasteiger partial charge in [-0.2, -0.15) is 10.1 Å². The lowest BCUT2D eigenvalue weighted by molar-refractivity contribution is 0.102. The molecule has 7 nitrogen and oxygen atoms in total. The van der Waals surface area contributed by atoms with Crippen molar-refractivity contribution in [3.8, 4) is 17.1 Å². The van der Waals surface area contributed by atoms with E-state index >= 15 is 0 Å². The molecule has 28 heavy (non-hydrogen) atoms. The first-order chi connectivity index (χ1) is 13.5. The molecule has 1 amide bonds. The summed E-state index contributed by atoms with van der Waals surface area (Å²) in [4.78, 5) is 16.7. The fraction of sp³-hybridized carbons (Fsp3) is 0.100. The number of amides is 1. The van der Waals surface area contributed by atoms with Crippen molar-refractivity contribution >= 4 is 11.6 Å². The molecule has 0 spiro atoms. The number of hydrogen-bond acceptors (Lipinski definition) is 5. The van der Waals surface area contributed by atoms with Gasteiger partial charge in [-0.05, 0) is 49.4 Å². The van der Waals surface area contributed by atoms with Gasteiger partial charge in [0.15, 0.2) is 0 Å². The maximum absolute atomic E-state index is 13.3. The molecular formula is C20H16FN5O2. The second-order valence-electron chi connectivity index (χ2n) is 6.22. The number of hydrogen-bond donors (Lipinski definition) is 1. The molecule has 0 unspecified atom stereocenters. The molecule has 2 aromatic carbocycles. The Labute approximate surface area is 159 Å². The maximum atomic E-state index is 13.3. The van der Waals surface area contributed by atoms with Crippen LogP contribution in [-0.4, -0.2) is 25.8 Å². The molecule has 2 heterocycles. The van der Waals surface area contributed by atoms with Crippen molar-refractivity contribution in [3.63, 3.8) is 0 Å². The molecule has 0 fully saturated rings. The minimum atomic E-state index is -0.415. The molecule has 4 rings (SSSR count). The number of rotatable bonds is 4. The zero-order valence-corrected chi connectivity index (χ0v) is 15.2. The van der Waals surface area contributed by atoms with Crippen LogP contribution < -0.4 is 5.32 Å². The number of nitrogens with one attached hydrogen (secondary N) is 1. The van der Waals surface area contributed by atoms with Crippen molar-refractivity contribution in [3.05, 3.63) is 77.7 Å². The number of carbonyl (C=O) groups excluding carboxylic acids is 1. The van der Waals surface area contributed by atoms with Gasteiger partial charge in [0.1, 0.15) is 5.82 Å². The van der Waals surface area contributed by atoms with Crippen LogP contribution in [0.25, 0.3) is 17.1 Å². The van der Waals surface area contributed by atoms with Crippen molar-refractivity contribution in [1.82, 2.24) is 19.9 Å². The predicted molar refractivity (Wildman–Crippen MR) is 101 cm³/mol. The molecule has 0 aliphatic carbocycles. The van der Waals surface area contributed by atoms with E-state index in [-0.39, 0.29) is 5.91 Å². The van der Waals surface area contributed by atoms with E-state index in [1.54, 1.807) is 30.8 Å². The predicted octanol–water partition coefficient (Wildman–Crippen LogP) is 3.93. The molecule has 0 aliphatic heterocycles. The van der Waals surface area contributed by atoms with Gasteiger partial charge in [0.05, 0.1) is 16.9 Å². The number of halogens is 1. The van der Waals surface area contributed by atoms with Gasteiger partial charge in [-0.25, -0.2) is 9.07 Å². The molecule has 8 heteroatoms. The Balaban J connectivity index is 1.56. The smallest absolute Gasteiger partial charge is 0.259 e. The monoisotopic (exact) mass is 377 g/mol. The fourth-order valence-corrected chi connectivity index (χ4v) is 2.76. The van der Waals surface area contributed by atoms with Crippen LogP contribution in [0, 0.1) is 19.7 Å². The first-order valence-corrected chi connectivity index (χ1v) is 8.54. The van der Waals surface area contributed by atoms with Crippen molar-refractivity contribution in [2.45, 2.75) is 13.8 Å². The van der Waals surface area contributed by atoms with Gasteiger partial charge >= 0.3 is 0 Å². The highest BCUT2D eigenvalue weighted by atomic mass is 19.1. The van der Waals surface area contributed by atoms with E-state index in [4.69, 9.17) is 4.52 Å². The van der Waals surface area contributed by atoms with Crippen LogP contribution >= 0.6 is 0 Å². The molecule has 1 N–H and O–H groups in total. The average molecular weight is 377 g/mol. The molecule has 0 radical (unpaired) electrons. The van der Waals surface area contributed by atoms with Crippen LogP contribution in [0.5, 0.6) is 0 Å². The number of anilines is 1. The summed E-state index contributed by atoms with van der Waals surface area (Å²) in [6, 6.07) is 13.1. The van der Waals surface area contributed by atoms with Crippen LogP contribution in [0.4, 0.5) is 10.1 Å². The Morgan fingerprint density at radius 3 is 2.61 bits per heavy atom. The summed E-state index contributed by atoms with van der Waals surface area (Å²) in [6.07, 6.45) is 1.64. The molecule has 0 saturated carbocycles. The van der Waals surface area contributed by atoms with Crippen molar-refractivity contribution in [2.24, 2.45) is 0 Å². The Bertz CT molecular complexity index is 1150. The summed E-state index contributed by atoms with van der Waals surface area (Å²) >= 11 is 0. The Morgan fingerprint density at radius 1 is 1.14 bits per heavy atom. The van der Waals surface area contributed by atoms with Gasteiger partial charge in [0, 0.05) is 24.4 Å². The topological polar surface area (TPSA) is 85.8 Å². The molecule has 2 aromatic heterocycles. The lowest BCUT2D eigenvalue weighted by atomic mass is 10.2. The van der Waals surface area contributed by atoms with Gasteiger partial charge in [-0.3, -0.25) is 4.79 Å². The first kappa shape index (κ1) is 17.6. The van der Waals surface area contributed by atoms with E-state index in [2.05, 4.69) is 20.6 Å². The van der Waals surface area contributed by atoms with Crippen molar-refractivity contribution in [1.29, 1.82) is 0 Å². The molecular weight excluding hydrogens is 361 g/mol. The fourth-order valence-electron chi connectivity index (χ4n) is 2.76. The molecule has 0 bridgehead atoms. The van der Waals surface area contributed by atoms with Gasteiger partial charge in [0.25, 0.3) is 5.91 Å². The van der Waals surface area contributed by atoms with Crippen molar-refractivity contribution < 1.29 is 13.7 Å². The lowest BCUT2D eigenvalue weighted by Crippen LogP contribution is -2.12. The number of aryl methyl sites for hydroxylation is 2. The molecule has 140 valence electrons. The highest BCUT2D eigenvalue weighted by Crippen LogP contribution is 2.20. The normalized spacial score (nSPS) is 10.8. The second kappa shape index (κ2) is 7.07. The van der Waals surface area contributed by atoms with E-state index < -0.39 is 5.82 Å². The van der Waals surface area contributed by atoms with Gasteiger partial charge in [-0.1, -0.05) is 11.2 Å². The minimum Gasteiger partial charge on any atom is -0.339 e. The Kier molecular flexibility index (Phi) is 4.44. The van der Waals surface area contributed by atoms with Crippen molar-refractivity contribution in [2.75, 3.05) is 5.32 Å². The van der Waals surface area contributed by atoms with E-state index in [9.17, 15) is 9.18 Å². The van der Waals surface area contributed by atoms with Crippen LogP contribution in [0.1, 0.15) is 21.9 Å². The molecule has 0 aliphatic rings. The van der Waals surface area contributed by atoms with Crippen LogP contribution in [0.2, 0.25) is 0 Å². The SMILES string of the molecule is Cc1nc(-c2ccc(-n3cc(C(=O)Nc4cccc(F)c4)c(C)n3)cc2)no1. The quantitative estimate of drug-likeness (QED) is 0.582. The minimum absolute atomic E-state index is 0.353. The van der Waals surface area contributed by atoms with E-state index in [0.717, 1.165) is 11.3 Å². The van der Waals surface area contributed by atoms with Gasteiger partial charge in [-0.15, -0.1) is 0 Å². The molecule has 4 aromatic rings. The van der Waals surface area contributed by atoms with Gasteiger partial charge < -0.3 is 9.84 Å². The summed E-state index contributed by atoms with van der Waals surface area (Å²) in [5.41, 5.74) is 2.94. The molecule has 0 atom stereocenters. The Hall–Kier alpha value is -3.81. The standard InChI is InChI=1S/C20H16FN5O2/c1-12-18(20(27)23-16-5-3-4-15(21)10-16)11-26(24-12)17-8-6-14(7-9-17)19-22-13(2)28-25-19/h3-11H,1-2H3,(H,23,27). The first-order valence-electron chi connectivity index (χ1n) is 8.54. The zero-order chi connectivity index (χ0) is 19.7. The summed E-state index contributed by atoms with van der Waals surface area (Å²) < 4.78 is 19.9. The van der Waals surface area contributed by atoms with Gasteiger partial charge in [0.2, 0.25) is 11.7 Å². The average Bonchev–Trinajstić information content (AvgIpc) is 3.28. The summed E-state index contributed by atoms with van der Waals surface area (Å²) in [5, 5.41) is 11.0. The Morgan fingerprint density at radius 2 is 1.93 bits per heavy atom. The van der Waals surface area contributed by atoms with E-state index in [1.807, 2.05) is 24.3 Å². The maximum Gasteiger partial charge on any atom is 0.259 e. The van der Waals surface area contributed by atoms with E-state index in [0.29, 0.717) is 28.7 Å². The molecule has 0 saturated heterocycles. The number of benzene rings is 2. The second-order valence-corrected chi connectivity index (χ2v) is 6.22. The zero-order valence-electron chi connectivity index (χ0n) is 15.2. The van der Waals surface area contributed by atoms with Crippen LogP contribution in [0.3, 0.4) is 0 Å². The largest absolute Gasteiger partial charge is 0.339 e. The summed E-state index contributed by atoms with van der Waals surface area (Å²) in [6.45, 7) is 3.47. The highest BCUT2D eigenvalue weighted by Gasteiger charge is 2.15. The third-order valence-electron chi connectivity index (χ3n) is 4.14. The van der Waals surface area contributed by atoms with Crippen LogP contribution in [0.15, 0.2) is 59.3 Å². The lowest BCUT2D eigenvalue weighted by Gasteiger charge is -2.04. The summed E-state index contributed by atoms with van der Waals surface area (Å²) in [7, 11) is 0. The highest BCUT2D eigenvalue weighted by molar-refractivity contribution is 6.04. The van der Waals surface area contributed by atoms with E-state index in [1.165, 1.54) is 18.2 Å². The number of aromatic nitrogens is 4. The number of nitrogens with zero attached hydrogens (tertiary/aromatic N) is 4. The summed E-state index contributed by atoms with van der Waals surface area (Å²) in [5.74, 6) is 0.238. The third-order valence-corrected chi connectivity index (χ3v) is 4.14. The third kappa shape index (κ3) is 3.52. The number of carbonyl (C=O) groups is 1.